The number of hydrogen-bond donors (Lipinski definition) is 0. The number of ether oxygens (including phenoxy) is 4. The van der Waals surface area contributed by atoms with E-state index in [0.717, 1.165) is 0 Å². The molecule has 0 bridgehead atoms. The first kappa shape index (κ1) is 23.7. The number of nitrogens with zero attached hydrogens (tertiary/aromatic N) is 1. The predicted molar refractivity (Wildman–Crippen MR) is 109 cm³/mol. The normalized spacial score (nSPS) is 9.66. The van der Waals surface area contributed by atoms with Crippen molar-refractivity contribution in [1.29, 1.82) is 0 Å². The number of rotatable bonds is 10. The van der Waals surface area contributed by atoms with Crippen LogP contribution < -0.4 is 14.2 Å². The van der Waals surface area contributed by atoms with Crippen LogP contribution in [0.25, 0.3) is 0 Å². The van der Waals surface area contributed by atoms with Crippen molar-refractivity contribution >= 4 is 11.7 Å². The summed E-state index contributed by atoms with van der Waals surface area (Å²) >= 11 is 0. The Kier molecular flexibility index (Phi) is 10.6. The number of para-hydroxylation sites is 1. The summed E-state index contributed by atoms with van der Waals surface area (Å²) in [7, 11) is 2.76. The summed E-state index contributed by atoms with van der Waals surface area (Å²) in [6.07, 6.45) is 0.617. The van der Waals surface area contributed by atoms with Crippen LogP contribution in [0.5, 0.6) is 17.2 Å². The number of nitro benzene ring substituents is 1. The Bertz CT molecular complexity index is 778. The zero-order valence-corrected chi connectivity index (χ0v) is 17.2. The fraction of sp³-hybridized carbons (Fsp3) is 0.381. The van der Waals surface area contributed by atoms with E-state index in [-0.39, 0.29) is 37.0 Å². The summed E-state index contributed by atoms with van der Waals surface area (Å²) < 4.78 is 21.0. The highest BCUT2D eigenvalue weighted by atomic mass is 16.6. The van der Waals surface area contributed by atoms with Crippen molar-refractivity contribution < 1.29 is 28.7 Å². The second-order valence-corrected chi connectivity index (χ2v) is 5.52. The van der Waals surface area contributed by atoms with Gasteiger partial charge in [0.15, 0.2) is 11.5 Å². The summed E-state index contributed by atoms with van der Waals surface area (Å²) in [4.78, 5) is 22.1. The van der Waals surface area contributed by atoms with E-state index in [4.69, 9.17) is 14.2 Å². The molecule has 0 spiro atoms. The van der Waals surface area contributed by atoms with Crippen molar-refractivity contribution in [3.8, 4) is 17.2 Å². The van der Waals surface area contributed by atoms with Crippen LogP contribution in [0.3, 0.4) is 0 Å². The van der Waals surface area contributed by atoms with Crippen LogP contribution in [0.2, 0.25) is 0 Å². The Labute approximate surface area is 170 Å². The number of benzene rings is 2. The molecule has 158 valence electrons. The molecule has 0 N–H and O–H groups in total. The molecule has 29 heavy (non-hydrogen) atoms. The van der Waals surface area contributed by atoms with Crippen LogP contribution in [-0.4, -0.2) is 31.7 Å². The van der Waals surface area contributed by atoms with Gasteiger partial charge in [-0.1, -0.05) is 32.0 Å². The molecule has 0 unspecified atom stereocenters. The van der Waals surface area contributed by atoms with E-state index >= 15 is 0 Å². The maximum absolute atomic E-state index is 11.4. The Morgan fingerprint density at radius 1 is 1.03 bits per heavy atom. The standard InChI is InChI=1S/C19H21NO7.C2H6/c1-24-17-11-14(13-27-15-7-4-3-5-8-15)16(20(22)23)12-18(17)26-10-6-9-19(21)25-2;1-2/h3-5,7-8,11-12H,6,9-10,13H2,1-2H3;1-2H3. The molecular formula is C21H27NO7. The Morgan fingerprint density at radius 2 is 1.72 bits per heavy atom. The third-order valence-corrected chi connectivity index (χ3v) is 3.71. The quantitative estimate of drug-likeness (QED) is 0.248. The third-order valence-electron chi connectivity index (χ3n) is 3.71. The second kappa shape index (κ2) is 13.0. The molecule has 0 aliphatic carbocycles. The fourth-order valence-corrected chi connectivity index (χ4v) is 2.33. The van der Waals surface area contributed by atoms with Gasteiger partial charge in [0.25, 0.3) is 5.69 Å². The van der Waals surface area contributed by atoms with Gasteiger partial charge in [0.2, 0.25) is 0 Å². The summed E-state index contributed by atoms with van der Waals surface area (Å²) in [5, 5.41) is 11.4. The van der Waals surface area contributed by atoms with Gasteiger partial charge in [0, 0.05) is 6.42 Å². The van der Waals surface area contributed by atoms with E-state index in [0.29, 0.717) is 23.5 Å². The minimum absolute atomic E-state index is 0.0132. The van der Waals surface area contributed by atoms with E-state index in [9.17, 15) is 14.9 Å². The van der Waals surface area contributed by atoms with Crippen molar-refractivity contribution in [2.45, 2.75) is 33.3 Å². The molecule has 0 saturated heterocycles. The van der Waals surface area contributed by atoms with Crippen LogP contribution >= 0.6 is 0 Å². The van der Waals surface area contributed by atoms with Crippen LogP contribution in [-0.2, 0) is 16.1 Å². The highest BCUT2D eigenvalue weighted by Gasteiger charge is 2.20. The summed E-state index contributed by atoms with van der Waals surface area (Å²) in [6.45, 7) is 4.21. The van der Waals surface area contributed by atoms with Gasteiger partial charge in [0.1, 0.15) is 12.4 Å². The van der Waals surface area contributed by atoms with Gasteiger partial charge in [-0.2, -0.15) is 0 Å². The van der Waals surface area contributed by atoms with Crippen LogP contribution in [0, 0.1) is 10.1 Å². The van der Waals surface area contributed by atoms with Crippen molar-refractivity contribution in [2.24, 2.45) is 0 Å². The Balaban J connectivity index is 0.00000204. The molecule has 0 aliphatic rings. The van der Waals surface area contributed by atoms with E-state index in [1.807, 2.05) is 32.0 Å². The fourth-order valence-electron chi connectivity index (χ4n) is 2.33. The molecule has 0 heterocycles. The average Bonchev–Trinajstić information content (AvgIpc) is 2.76. The molecule has 0 amide bonds. The van der Waals surface area contributed by atoms with Gasteiger partial charge in [0.05, 0.1) is 37.4 Å². The van der Waals surface area contributed by atoms with Crippen molar-refractivity contribution in [3.63, 3.8) is 0 Å². The van der Waals surface area contributed by atoms with Crippen LogP contribution in [0.1, 0.15) is 32.3 Å². The number of carbonyl (C=O) groups excluding carboxylic acids is 1. The lowest BCUT2D eigenvalue weighted by molar-refractivity contribution is -0.385. The van der Waals surface area contributed by atoms with E-state index in [2.05, 4.69) is 4.74 Å². The van der Waals surface area contributed by atoms with Gasteiger partial charge in [-0.15, -0.1) is 0 Å². The first-order valence-electron chi connectivity index (χ1n) is 9.28. The molecule has 0 aromatic heterocycles. The lowest BCUT2D eigenvalue weighted by atomic mass is 10.1. The van der Waals surface area contributed by atoms with E-state index in [1.54, 1.807) is 12.1 Å². The smallest absolute Gasteiger partial charge is 0.305 e. The monoisotopic (exact) mass is 405 g/mol. The lowest BCUT2D eigenvalue weighted by Crippen LogP contribution is -2.07. The van der Waals surface area contributed by atoms with Gasteiger partial charge in [-0.25, -0.2) is 0 Å². The molecule has 2 rings (SSSR count). The Morgan fingerprint density at radius 3 is 2.31 bits per heavy atom. The van der Waals surface area contributed by atoms with Crippen molar-refractivity contribution in [3.05, 3.63) is 58.1 Å². The van der Waals surface area contributed by atoms with Crippen molar-refractivity contribution in [2.75, 3.05) is 20.8 Å². The number of hydrogen-bond acceptors (Lipinski definition) is 7. The molecular weight excluding hydrogens is 378 g/mol. The van der Waals surface area contributed by atoms with E-state index < -0.39 is 4.92 Å². The SMILES string of the molecule is CC.COC(=O)CCCOc1cc([N+](=O)[O-])c(COc2ccccc2)cc1OC. The first-order chi connectivity index (χ1) is 14.0. The number of methoxy groups -OCH3 is 2. The van der Waals surface area contributed by atoms with Crippen LogP contribution in [0.4, 0.5) is 5.69 Å². The summed E-state index contributed by atoms with van der Waals surface area (Å²) in [5.74, 6) is 0.849. The average molecular weight is 405 g/mol. The third kappa shape index (κ3) is 7.69. The maximum Gasteiger partial charge on any atom is 0.305 e. The summed E-state index contributed by atoms with van der Waals surface area (Å²) in [6, 6.07) is 11.8. The molecule has 0 fully saturated rings. The number of carbonyl (C=O) groups is 1. The first-order valence-corrected chi connectivity index (χ1v) is 9.28. The van der Waals surface area contributed by atoms with Gasteiger partial charge < -0.3 is 18.9 Å². The van der Waals surface area contributed by atoms with Gasteiger partial charge >= 0.3 is 5.97 Å². The summed E-state index contributed by atoms with van der Waals surface area (Å²) in [5.41, 5.74) is 0.234. The zero-order chi connectivity index (χ0) is 21.6. The maximum atomic E-state index is 11.4. The van der Waals surface area contributed by atoms with Crippen LogP contribution in [0.15, 0.2) is 42.5 Å². The van der Waals surface area contributed by atoms with Gasteiger partial charge in [-0.3, -0.25) is 14.9 Å². The zero-order valence-electron chi connectivity index (χ0n) is 17.2. The number of esters is 1. The second-order valence-electron chi connectivity index (χ2n) is 5.52. The highest BCUT2D eigenvalue weighted by molar-refractivity contribution is 5.69. The molecule has 8 heteroatoms. The lowest BCUT2D eigenvalue weighted by Gasteiger charge is -2.13. The van der Waals surface area contributed by atoms with Crippen molar-refractivity contribution in [1.82, 2.24) is 0 Å². The number of nitro groups is 1. The minimum atomic E-state index is -0.496. The van der Waals surface area contributed by atoms with Gasteiger partial charge in [-0.05, 0) is 24.6 Å². The molecule has 8 nitrogen and oxygen atoms in total. The largest absolute Gasteiger partial charge is 0.493 e. The molecule has 0 atom stereocenters. The molecule has 0 saturated carbocycles. The molecule has 0 aliphatic heterocycles. The molecule has 2 aromatic carbocycles. The van der Waals surface area contributed by atoms with E-state index in [1.165, 1.54) is 26.4 Å². The molecule has 2 aromatic rings. The molecule has 0 radical (unpaired) electrons. The Hall–Kier alpha value is -3.29. The minimum Gasteiger partial charge on any atom is -0.493 e. The predicted octanol–water partition coefficient (Wildman–Crippen LogP) is 4.54. The topological polar surface area (TPSA) is 97.1 Å². The highest BCUT2D eigenvalue weighted by Crippen LogP contribution is 2.35.